The Hall–Kier alpha value is -4.12. The molecule has 4 aromatic rings. The van der Waals surface area contributed by atoms with Crippen molar-refractivity contribution in [3.63, 3.8) is 0 Å². The molecule has 0 aliphatic rings. The minimum Gasteiger partial charge on any atom is -0.484 e. The lowest BCUT2D eigenvalue weighted by Gasteiger charge is -2.04. The fourth-order valence-corrected chi connectivity index (χ4v) is 3.09. The van der Waals surface area contributed by atoms with Crippen molar-refractivity contribution in [3.05, 3.63) is 102 Å². The number of nitrogens with zero attached hydrogens (tertiary/aromatic N) is 1. The third-order valence-electron chi connectivity index (χ3n) is 4.59. The largest absolute Gasteiger partial charge is 0.484 e. The Kier molecular flexibility index (Phi) is 6.24. The Labute approximate surface area is 180 Å². The molecule has 0 radical (unpaired) electrons. The summed E-state index contributed by atoms with van der Waals surface area (Å²) in [6, 6.07) is 27.2. The highest BCUT2D eigenvalue weighted by Crippen LogP contribution is 2.32. The topological polar surface area (TPSA) is 61.6 Å². The number of aromatic nitrogens is 1. The van der Waals surface area contributed by atoms with Gasteiger partial charge in [-0.15, -0.1) is 0 Å². The minimum absolute atomic E-state index is 0.177. The second-order valence-electron chi connectivity index (χ2n) is 6.74. The molecule has 0 fully saturated rings. The van der Waals surface area contributed by atoms with Gasteiger partial charge < -0.3 is 13.9 Å². The molecule has 0 saturated carbocycles. The van der Waals surface area contributed by atoms with E-state index in [1.807, 2.05) is 84.9 Å². The van der Waals surface area contributed by atoms with Gasteiger partial charge in [-0.25, -0.2) is 9.78 Å². The average Bonchev–Trinajstić information content (AvgIpc) is 3.27. The van der Waals surface area contributed by atoms with Crippen LogP contribution in [0.15, 0.2) is 95.4 Å². The van der Waals surface area contributed by atoms with Crippen LogP contribution < -0.4 is 4.74 Å². The molecule has 0 spiro atoms. The molecule has 0 aliphatic heterocycles. The van der Waals surface area contributed by atoms with Crippen molar-refractivity contribution >= 4 is 12.0 Å². The number of oxazole rings is 1. The SMILES string of the molecule is COC(=O)C=Cc1cccc(OCc2nc(-c3ccccc3)c(-c3ccccc3)o2)c1. The number of carbonyl (C=O) groups excluding carboxylic acids is 1. The average molecular weight is 411 g/mol. The maximum atomic E-state index is 11.3. The van der Waals surface area contributed by atoms with Crippen LogP contribution >= 0.6 is 0 Å². The third-order valence-corrected chi connectivity index (χ3v) is 4.59. The molecule has 0 aliphatic carbocycles. The first kappa shape index (κ1) is 20.2. The number of ether oxygens (including phenoxy) is 2. The van der Waals surface area contributed by atoms with Crippen LogP contribution in [0.4, 0.5) is 0 Å². The van der Waals surface area contributed by atoms with E-state index >= 15 is 0 Å². The first-order valence-electron chi connectivity index (χ1n) is 9.82. The van der Waals surface area contributed by atoms with Gasteiger partial charge in [0.05, 0.1) is 7.11 Å². The van der Waals surface area contributed by atoms with Crippen molar-refractivity contribution in [2.75, 3.05) is 7.11 Å². The van der Waals surface area contributed by atoms with Gasteiger partial charge in [0, 0.05) is 17.2 Å². The van der Waals surface area contributed by atoms with Crippen LogP contribution in [0.25, 0.3) is 28.7 Å². The molecule has 0 amide bonds. The first-order chi connectivity index (χ1) is 15.2. The Balaban J connectivity index is 1.57. The maximum absolute atomic E-state index is 11.3. The summed E-state index contributed by atoms with van der Waals surface area (Å²) in [4.78, 5) is 16.0. The molecule has 154 valence electrons. The summed E-state index contributed by atoms with van der Waals surface area (Å²) in [7, 11) is 1.34. The highest BCUT2D eigenvalue weighted by atomic mass is 16.5. The van der Waals surface area contributed by atoms with Crippen LogP contribution in [0.1, 0.15) is 11.5 Å². The molecule has 31 heavy (non-hydrogen) atoms. The number of methoxy groups -OCH3 is 1. The standard InChI is InChI=1S/C26H21NO4/c1-29-24(28)16-15-19-9-8-14-22(17-19)30-18-23-27-25(20-10-4-2-5-11-20)26(31-23)21-12-6-3-7-13-21/h2-17H,18H2,1H3. The van der Waals surface area contributed by atoms with Gasteiger partial charge in [-0.3, -0.25) is 0 Å². The molecule has 4 rings (SSSR count). The van der Waals surface area contributed by atoms with Crippen LogP contribution in [0, 0.1) is 0 Å². The summed E-state index contributed by atoms with van der Waals surface area (Å²) in [5.74, 6) is 1.43. The second kappa shape index (κ2) is 9.59. The summed E-state index contributed by atoms with van der Waals surface area (Å²) in [6.07, 6.45) is 3.04. The van der Waals surface area contributed by atoms with Crippen molar-refractivity contribution in [2.45, 2.75) is 6.61 Å². The number of esters is 1. The van der Waals surface area contributed by atoms with Crippen LogP contribution in [-0.4, -0.2) is 18.1 Å². The summed E-state index contributed by atoms with van der Waals surface area (Å²) in [5, 5.41) is 0. The van der Waals surface area contributed by atoms with E-state index in [2.05, 4.69) is 4.74 Å². The quantitative estimate of drug-likeness (QED) is 0.285. The molecule has 5 heteroatoms. The van der Waals surface area contributed by atoms with E-state index < -0.39 is 5.97 Å². The smallest absolute Gasteiger partial charge is 0.330 e. The predicted molar refractivity (Wildman–Crippen MR) is 119 cm³/mol. The number of rotatable bonds is 7. The van der Waals surface area contributed by atoms with Crippen LogP contribution in [0.2, 0.25) is 0 Å². The van der Waals surface area contributed by atoms with Crippen molar-refractivity contribution in [3.8, 4) is 28.3 Å². The van der Waals surface area contributed by atoms with Gasteiger partial charge in [-0.1, -0.05) is 72.8 Å². The summed E-state index contributed by atoms with van der Waals surface area (Å²) in [6.45, 7) is 0.177. The normalized spacial score (nSPS) is 10.9. The molecular formula is C26H21NO4. The van der Waals surface area contributed by atoms with Gasteiger partial charge >= 0.3 is 5.97 Å². The minimum atomic E-state index is -0.409. The fraction of sp³-hybridized carbons (Fsp3) is 0.0769. The van der Waals surface area contributed by atoms with Gasteiger partial charge in [-0.2, -0.15) is 0 Å². The number of hydrogen-bond donors (Lipinski definition) is 0. The van der Waals surface area contributed by atoms with Gasteiger partial charge in [0.25, 0.3) is 0 Å². The summed E-state index contributed by atoms with van der Waals surface area (Å²) >= 11 is 0. The van der Waals surface area contributed by atoms with E-state index in [1.54, 1.807) is 6.08 Å². The van der Waals surface area contributed by atoms with Crippen molar-refractivity contribution in [2.24, 2.45) is 0 Å². The molecule has 5 nitrogen and oxygen atoms in total. The van der Waals surface area contributed by atoms with E-state index in [4.69, 9.17) is 14.1 Å². The van der Waals surface area contributed by atoms with Crippen molar-refractivity contribution in [1.29, 1.82) is 0 Å². The molecule has 1 aromatic heterocycles. The maximum Gasteiger partial charge on any atom is 0.330 e. The lowest BCUT2D eigenvalue weighted by molar-refractivity contribution is -0.134. The Morgan fingerprint density at radius 1 is 0.935 bits per heavy atom. The van der Waals surface area contributed by atoms with Gasteiger partial charge in [-0.05, 0) is 23.8 Å². The zero-order chi connectivity index (χ0) is 21.5. The third kappa shape index (κ3) is 5.08. The number of carbonyl (C=O) groups is 1. The van der Waals surface area contributed by atoms with E-state index in [0.717, 1.165) is 22.4 Å². The highest BCUT2D eigenvalue weighted by molar-refractivity contribution is 5.87. The lowest BCUT2D eigenvalue weighted by atomic mass is 10.1. The molecular weight excluding hydrogens is 390 g/mol. The van der Waals surface area contributed by atoms with Crippen LogP contribution in [-0.2, 0) is 16.1 Å². The van der Waals surface area contributed by atoms with Crippen LogP contribution in [0.3, 0.4) is 0 Å². The Morgan fingerprint density at radius 3 is 2.35 bits per heavy atom. The lowest BCUT2D eigenvalue weighted by Crippen LogP contribution is -1.96. The van der Waals surface area contributed by atoms with Gasteiger partial charge in [0.15, 0.2) is 12.4 Å². The molecule has 0 N–H and O–H groups in total. The highest BCUT2D eigenvalue weighted by Gasteiger charge is 2.17. The number of benzene rings is 3. The predicted octanol–water partition coefficient (Wildman–Crippen LogP) is 5.77. The van der Waals surface area contributed by atoms with Crippen molar-refractivity contribution < 1.29 is 18.7 Å². The zero-order valence-electron chi connectivity index (χ0n) is 17.0. The van der Waals surface area contributed by atoms with E-state index in [-0.39, 0.29) is 6.61 Å². The monoisotopic (exact) mass is 411 g/mol. The van der Waals surface area contributed by atoms with Gasteiger partial charge in [0.1, 0.15) is 11.4 Å². The van der Waals surface area contributed by atoms with E-state index in [9.17, 15) is 4.79 Å². The zero-order valence-corrected chi connectivity index (χ0v) is 17.0. The van der Waals surface area contributed by atoms with E-state index in [0.29, 0.717) is 17.4 Å². The molecule has 0 saturated heterocycles. The summed E-state index contributed by atoms with van der Waals surface area (Å²) in [5.41, 5.74) is 3.53. The van der Waals surface area contributed by atoms with Gasteiger partial charge in [0.2, 0.25) is 5.89 Å². The molecule has 0 bridgehead atoms. The Morgan fingerprint density at radius 2 is 1.65 bits per heavy atom. The van der Waals surface area contributed by atoms with Crippen molar-refractivity contribution in [1.82, 2.24) is 4.98 Å². The molecule has 0 unspecified atom stereocenters. The summed E-state index contributed by atoms with van der Waals surface area (Å²) < 4.78 is 16.6. The Bertz CT molecular complexity index is 1120. The molecule has 0 atom stereocenters. The molecule has 3 aromatic carbocycles. The second-order valence-corrected chi connectivity index (χ2v) is 6.74. The van der Waals surface area contributed by atoms with E-state index in [1.165, 1.54) is 13.2 Å². The fourth-order valence-electron chi connectivity index (χ4n) is 3.09. The first-order valence-corrected chi connectivity index (χ1v) is 9.82. The molecule has 1 heterocycles. The number of hydrogen-bond acceptors (Lipinski definition) is 5. The van der Waals surface area contributed by atoms with Crippen LogP contribution in [0.5, 0.6) is 5.75 Å².